The number of hydrogen-bond donors (Lipinski definition) is 1. The van der Waals surface area contributed by atoms with Crippen molar-refractivity contribution in [2.75, 3.05) is 18.4 Å². The Balaban J connectivity index is 2.03. The van der Waals surface area contributed by atoms with E-state index < -0.39 is 15.9 Å². The van der Waals surface area contributed by atoms with Crippen LogP contribution in [-0.2, 0) is 10.0 Å². The molecule has 3 rings (SSSR count). The van der Waals surface area contributed by atoms with Gasteiger partial charge >= 0.3 is 0 Å². The Bertz CT molecular complexity index is 1160. The van der Waals surface area contributed by atoms with Crippen LogP contribution in [0, 0.1) is 0 Å². The summed E-state index contributed by atoms with van der Waals surface area (Å²) in [6, 6.07) is 20.0. The van der Waals surface area contributed by atoms with Crippen LogP contribution in [0.25, 0.3) is 0 Å². The van der Waals surface area contributed by atoms with Crippen molar-refractivity contribution >= 4 is 33.2 Å². The zero-order chi connectivity index (χ0) is 22.4. The molecule has 1 N–H and O–H groups in total. The molecule has 162 valence electrons. The molecule has 0 saturated heterocycles. The van der Waals surface area contributed by atoms with E-state index in [2.05, 4.69) is 5.32 Å². The second kappa shape index (κ2) is 9.96. The van der Waals surface area contributed by atoms with E-state index in [0.717, 1.165) is 0 Å². The average molecular weight is 459 g/mol. The van der Waals surface area contributed by atoms with Crippen molar-refractivity contribution in [2.24, 2.45) is 0 Å². The van der Waals surface area contributed by atoms with Crippen LogP contribution in [0.15, 0.2) is 77.7 Å². The fourth-order valence-electron chi connectivity index (χ4n) is 3.02. The van der Waals surface area contributed by atoms with Crippen LogP contribution < -0.4 is 10.1 Å². The molecule has 0 bridgehead atoms. The highest BCUT2D eigenvalue weighted by molar-refractivity contribution is 7.89. The first-order valence-electron chi connectivity index (χ1n) is 9.79. The first-order chi connectivity index (χ1) is 14.9. The third kappa shape index (κ3) is 5.25. The Morgan fingerprint density at radius 3 is 2.26 bits per heavy atom. The van der Waals surface area contributed by atoms with Crippen molar-refractivity contribution < 1.29 is 17.9 Å². The Hall–Kier alpha value is -2.87. The monoisotopic (exact) mass is 458 g/mol. The van der Waals surface area contributed by atoms with Gasteiger partial charge in [0.25, 0.3) is 5.91 Å². The fourth-order valence-corrected chi connectivity index (χ4v) is 4.73. The third-order valence-corrected chi connectivity index (χ3v) is 7.01. The smallest absolute Gasteiger partial charge is 0.257 e. The number of halogens is 1. The molecule has 0 radical (unpaired) electrons. The Labute approximate surface area is 187 Å². The topological polar surface area (TPSA) is 75.7 Å². The van der Waals surface area contributed by atoms with Crippen LogP contribution in [0.3, 0.4) is 0 Å². The lowest BCUT2D eigenvalue weighted by Gasteiger charge is -2.20. The highest BCUT2D eigenvalue weighted by atomic mass is 35.5. The maximum atomic E-state index is 13.0. The zero-order valence-corrected chi connectivity index (χ0v) is 18.8. The molecule has 3 aromatic rings. The van der Waals surface area contributed by atoms with Crippen LogP contribution in [0.2, 0.25) is 5.02 Å². The number of ether oxygens (including phenoxy) is 1. The van der Waals surface area contributed by atoms with Crippen LogP contribution >= 0.6 is 11.6 Å². The minimum atomic E-state index is -3.72. The van der Waals surface area contributed by atoms with Gasteiger partial charge in [0.15, 0.2) is 5.75 Å². The van der Waals surface area contributed by atoms with Gasteiger partial charge in [-0.2, -0.15) is 4.31 Å². The first-order valence-corrected chi connectivity index (χ1v) is 11.6. The molecule has 1 amide bonds. The van der Waals surface area contributed by atoms with Gasteiger partial charge in [-0.05, 0) is 42.5 Å². The summed E-state index contributed by atoms with van der Waals surface area (Å²) in [4.78, 5) is 12.9. The number of amides is 1. The van der Waals surface area contributed by atoms with Crippen molar-refractivity contribution in [3.63, 3.8) is 0 Å². The number of para-hydroxylation sites is 1. The molecule has 8 heteroatoms. The van der Waals surface area contributed by atoms with E-state index in [0.29, 0.717) is 24.6 Å². The predicted octanol–water partition coefficient (Wildman–Crippen LogP) is 5.42. The van der Waals surface area contributed by atoms with Crippen LogP contribution in [-0.4, -0.2) is 31.7 Å². The summed E-state index contributed by atoms with van der Waals surface area (Å²) in [6.45, 7) is 4.22. The summed E-state index contributed by atoms with van der Waals surface area (Å²) in [7, 11) is -3.72. The summed E-state index contributed by atoms with van der Waals surface area (Å²) in [6.07, 6.45) is 0. The molecule has 3 aromatic carbocycles. The number of hydrogen-bond acceptors (Lipinski definition) is 4. The van der Waals surface area contributed by atoms with Gasteiger partial charge in [0.05, 0.1) is 21.2 Å². The molecule has 6 nitrogen and oxygen atoms in total. The van der Waals surface area contributed by atoms with E-state index in [1.54, 1.807) is 50.2 Å². The van der Waals surface area contributed by atoms with E-state index in [4.69, 9.17) is 16.3 Å². The molecule has 0 aliphatic heterocycles. The number of benzene rings is 3. The molecular formula is C23H23ClN2O4S. The van der Waals surface area contributed by atoms with E-state index in [9.17, 15) is 13.2 Å². The van der Waals surface area contributed by atoms with Crippen LogP contribution in [0.4, 0.5) is 5.69 Å². The second-order valence-electron chi connectivity index (χ2n) is 6.60. The first kappa shape index (κ1) is 22.8. The predicted molar refractivity (Wildman–Crippen MR) is 122 cm³/mol. The molecule has 0 heterocycles. The van der Waals surface area contributed by atoms with E-state index in [1.165, 1.54) is 22.5 Å². The van der Waals surface area contributed by atoms with Crippen molar-refractivity contribution in [1.29, 1.82) is 0 Å². The molecule has 0 aliphatic carbocycles. The lowest BCUT2D eigenvalue weighted by Crippen LogP contribution is -2.30. The van der Waals surface area contributed by atoms with Gasteiger partial charge in [-0.3, -0.25) is 4.79 Å². The van der Waals surface area contributed by atoms with Crippen molar-refractivity contribution in [2.45, 2.75) is 18.7 Å². The summed E-state index contributed by atoms with van der Waals surface area (Å²) in [5.41, 5.74) is 0.494. The molecule has 31 heavy (non-hydrogen) atoms. The number of sulfonamides is 1. The Kier molecular flexibility index (Phi) is 7.33. The lowest BCUT2D eigenvalue weighted by atomic mass is 10.2. The van der Waals surface area contributed by atoms with E-state index in [1.807, 2.05) is 18.2 Å². The largest absolute Gasteiger partial charge is 0.455 e. The van der Waals surface area contributed by atoms with Crippen molar-refractivity contribution in [3.8, 4) is 11.5 Å². The summed E-state index contributed by atoms with van der Waals surface area (Å²) in [5.74, 6) is 0.390. The number of carbonyl (C=O) groups excluding carboxylic acids is 1. The number of nitrogens with zero attached hydrogens (tertiary/aromatic N) is 1. The van der Waals surface area contributed by atoms with Crippen LogP contribution in [0.1, 0.15) is 24.2 Å². The van der Waals surface area contributed by atoms with Crippen molar-refractivity contribution in [1.82, 2.24) is 4.31 Å². The van der Waals surface area contributed by atoms with Gasteiger partial charge in [0.2, 0.25) is 10.0 Å². The Morgan fingerprint density at radius 2 is 1.61 bits per heavy atom. The van der Waals surface area contributed by atoms with Gasteiger partial charge in [0.1, 0.15) is 5.75 Å². The SMILES string of the molecule is CCN(CC)S(=O)(=O)c1ccc(Oc2ccccc2)c(NC(=O)c2ccccc2Cl)c1. The summed E-state index contributed by atoms with van der Waals surface area (Å²) in [5, 5.41) is 3.03. The van der Waals surface area contributed by atoms with E-state index in [-0.39, 0.29) is 21.2 Å². The molecule has 0 aromatic heterocycles. The number of rotatable bonds is 8. The van der Waals surface area contributed by atoms with Gasteiger partial charge in [-0.15, -0.1) is 0 Å². The van der Waals surface area contributed by atoms with Gasteiger partial charge in [-0.25, -0.2) is 8.42 Å². The molecular weight excluding hydrogens is 436 g/mol. The lowest BCUT2D eigenvalue weighted by molar-refractivity contribution is 0.102. The highest BCUT2D eigenvalue weighted by Gasteiger charge is 2.24. The minimum absolute atomic E-state index is 0.0612. The molecule has 0 saturated carbocycles. The van der Waals surface area contributed by atoms with Crippen molar-refractivity contribution in [3.05, 3.63) is 83.4 Å². The molecule has 0 atom stereocenters. The minimum Gasteiger partial charge on any atom is -0.455 e. The third-order valence-electron chi connectivity index (χ3n) is 4.63. The normalized spacial score (nSPS) is 11.4. The zero-order valence-electron chi connectivity index (χ0n) is 17.2. The molecule has 0 spiro atoms. The quantitative estimate of drug-likeness (QED) is 0.489. The average Bonchev–Trinajstić information content (AvgIpc) is 2.76. The highest BCUT2D eigenvalue weighted by Crippen LogP contribution is 2.33. The number of carbonyl (C=O) groups is 1. The van der Waals surface area contributed by atoms with Gasteiger partial charge < -0.3 is 10.1 Å². The fraction of sp³-hybridized carbons (Fsp3) is 0.174. The summed E-state index contributed by atoms with van der Waals surface area (Å²) < 4.78 is 33.2. The van der Waals surface area contributed by atoms with E-state index >= 15 is 0 Å². The van der Waals surface area contributed by atoms with Crippen LogP contribution in [0.5, 0.6) is 11.5 Å². The standard InChI is InChI=1S/C23H23ClN2O4S/c1-3-26(4-2)31(28,29)18-14-15-22(30-17-10-6-5-7-11-17)21(16-18)25-23(27)19-12-8-9-13-20(19)24/h5-16H,3-4H2,1-2H3,(H,25,27). The number of nitrogens with one attached hydrogen (secondary N) is 1. The Morgan fingerprint density at radius 1 is 0.968 bits per heavy atom. The van der Waals surface area contributed by atoms with Gasteiger partial charge in [0, 0.05) is 13.1 Å². The second-order valence-corrected chi connectivity index (χ2v) is 8.94. The van der Waals surface area contributed by atoms with Gasteiger partial charge in [-0.1, -0.05) is 55.8 Å². The molecule has 0 unspecified atom stereocenters. The number of anilines is 1. The molecule has 0 fully saturated rings. The maximum Gasteiger partial charge on any atom is 0.257 e. The molecule has 0 aliphatic rings. The summed E-state index contributed by atoms with van der Waals surface area (Å²) >= 11 is 6.14. The maximum absolute atomic E-state index is 13.0.